The van der Waals surface area contributed by atoms with Crippen LogP contribution in [0.5, 0.6) is 0 Å². The molecule has 0 amide bonds. The third-order valence-electron chi connectivity index (χ3n) is 2.79. The lowest BCUT2D eigenvalue weighted by Gasteiger charge is -2.04. The zero-order chi connectivity index (χ0) is 13.3. The van der Waals surface area contributed by atoms with Gasteiger partial charge >= 0.3 is 0 Å². The lowest BCUT2D eigenvalue weighted by molar-refractivity contribution is 0.0996. The second kappa shape index (κ2) is 5.33. The largest absolute Gasteiger partial charge is 0.293 e. The first-order valence-electron chi connectivity index (χ1n) is 5.51. The van der Waals surface area contributed by atoms with Gasteiger partial charge in [0.05, 0.1) is 8.66 Å². The highest BCUT2D eigenvalue weighted by atomic mass is 79.9. The van der Waals surface area contributed by atoms with E-state index in [0.717, 1.165) is 25.4 Å². The van der Waals surface area contributed by atoms with Crippen molar-refractivity contribution < 1.29 is 9.18 Å². The summed E-state index contributed by atoms with van der Waals surface area (Å²) in [5, 5.41) is 0. The predicted octanol–water partition coefficient (Wildman–Crippen LogP) is 4.69. The Kier molecular flexibility index (Phi) is 3.97. The van der Waals surface area contributed by atoms with Gasteiger partial charge in [-0.25, -0.2) is 4.39 Å². The number of hydrogen-bond donors (Lipinski definition) is 0. The molecule has 1 heterocycles. The average molecular weight is 327 g/mol. The van der Waals surface area contributed by atoms with Crippen LogP contribution in [-0.4, -0.2) is 5.78 Å². The molecule has 0 atom stereocenters. The molecule has 1 nitrogen and oxygen atoms in total. The molecule has 0 saturated carbocycles. The van der Waals surface area contributed by atoms with Crippen molar-refractivity contribution in [1.82, 2.24) is 0 Å². The van der Waals surface area contributed by atoms with E-state index in [1.807, 2.05) is 19.9 Å². The number of hydrogen-bond acceptors (Lipinski definition) is 2. The van der Waals surface area contributed by atoms with Gasteiger partial charge in [0.15, 0.2) is 5.78 Å². The highest BCUT2D eigenvalue weighted by Crippen LogP contribution is 2.28. The molecule has 2 aromatic rings. The van der Waals surface area contributed by atoms with Crippen molar-refractivity contribution in [1.29, 1.82) is 0 Å². The molecule has 0 saturated heterocycles. The highest BCUT2D eigenvalue weighted by molar-refractivity contribution is 9.11. The number of aryl methyl sites for hydroxylation is 2. The van der Waals surface area contributed by atoms with Crippen LogP contribution >= 0.6 is 27.3 Å². The molecule has 94 valence electrons. The third kappa shape index (κ3) is 2.87. The van der Waals surface area contributed by atoms with Crippen molar-refractivity contribution in [3.8, 4) is 0 Å². The Morgan fingerprint density at radius 3 is 2.56 bits per heavy atom. The number of carbonyl (C=O) groups excluding carboxylic acids is 1. The maximum absolute atomic E-state index is 13.0. The minimum absolute atomic E-state index is 0.0727. The SMILES string of the molecule is Cc1cc(F)ccc1CC(=O)c1cc(C)c(Br)s1. The first kappa shape index (κ1) is 13.4. The van der Waals surface area contributed by atoms with E-state index < -0.39 is 0 Å². The summed E-state index contributed by atoms with van der Waals surface area (Å²) in [7, 11) is 0. The minimum Gasteiger partial charge on any atom is -0.293 e. The summed E-state index contributed by atoms with van der Waals surface area (Å²) >= 11 is 4.85. The molecule has 0 bridgehead atoms. The van der Waals surface area contributed by atoms with E-state index in [4.69, 9.17) is 0 Å². The summed E-state index contributed by atoms with van der Waals surface area (Å²) in [5.74, 6) is -0.193. The van der Waals surface area contributed by atoms with Gasteiger partial charge in [-0.1, -0.05) is 6.07 Å². The number of thiophene rings is 1. The maximum Gasteiger partial charge on any atom is 0.177 e. The molecule has 18 heavy (non-hydrogen) atoms. The van der Waals surface area contributed by atoms with E-state index in [2.05, 4.69) is 15.9 Å². The van der Waals surface area contributed by atoms with Gasteiger partial charge in [0.1, 0.15) is 5.82 Å². The molecule has 0 unspecified atom stereocenters. The van der Waals surface area contributed by atoms with Crippen LogP contribution in [0.2, 0.25) is 0 Å². The van der Waals surface area contributed by atoms with Crippen molar-refractivity contribution in [3.05, 3.63) is 55.4 Å². The standard InChI is InChI=1S/C14H12BrFOS/c1-8-5-11(16)4-3-10(8)7-12(17)13-6-9(2)14(15)18-13/h3-6H,7H2,1-2H3. The van der Waals surface area contributed by atoms with Crippen molar-refractivity contribution in [3.63, 3.8) is 0 Å². The molecule has 0 aliphatic heterocycles. The summed E-state index contributed by atoms with van der Waals surface area (Å²) in [6, 6.07) is 6.41. The monoisotopic (exact) mass is 326 g/mol. The van der Waals surface area contributed by atoms with E-state index in [9.17, 15) is 9.18 Å². The first-order valence-corrected chi connectivity index (χ1v) is 7.12. The molecule has 2 rings (SSSR count). The van der Waals surface area contributed by atoms with Crippen LogP contribution in [0.25, 0.3) is 0 Å². The Bertz CT molecular complexity index is 584. The molecule has 0 N–H and O–H groups in total. The van der Waals surface area contributed by atoms with E-state index in [0.29, 0.717) is 6.42 Å². The fraction of sp³-hybridized carbons (Fsp3) is 0.214. The van der Waals surface area contributed by atoms with Gasteiger partial charge in [0.2, 0.25) is 0 Å². The van der Waals surface area contributed by atoms with E-state index in [1.165, 1.54) is 23.5 Å². The lowest BCUT2D eigenvalue weighted by atomic mass is 10.0. The summed E-state index contributed by atoms with van der Waals surface area (Å²) in [6.07, 6.45) is 0.318. The van der Waals surface area contributed by atoms with Gasteiger partial charge in [0.25, 0.3) is 0 Å². The van der Waals surface area contributed by atoms with Crippen LogP contribution in [0.1, 0.15) is 26.4 Å². The molecule has 0 spiro atoms. The molecular formula is C14H12BrFOS. The van der Waals surface area contributed by atoms with Gasteiger partial charge in [-0.05, 0) is 64.7 Å². The normalized spacial score (nSPS) is 10.7. The molecule has 4 heteroatoms. The van der Waals surface area contributed by atoms with Crippen LogP contribution < -0.4 is 0 Å². The van der Waals surface area contributed by atoms with Gasteiger partial charge in [-0.3, -0.25) is 4.79 Å². The minimum atomic E-state index is -0.265. The van der Waals surface area contributed by atoms with E-state index >= 15 is 0 Å². The summed E-state index contributed by atoms with van der Waals surface area (Å²) < 4.78 is 14.0. The highest BCUT2D eigenvalue weighted by Gasteiger charge is 2.13. The van der Waals surface area contributed by atoms with Crippen LogP contribution in [-0.2, 0) is 6.42 Å². The van der Waals surface area contributed by atoms with Crippen molar-refractivity contribution in [2.75, 3.05) is 0 Å². The van der Waals surface area contributed by atoms with Gasteiger partial charge in [-0.15, -0.1) is 11.3 Å². The Balaban J connectivity index is 2.21. The molecule has 1 aromatic heterocycles. The van der Waals surface area contributed by atoms with E-state index in [1.54, 1.807) is 6.07 Å². The first-order chi connectivity index (χ1) is 8.47. The molecular weight excluding hydrogens is 315 g/mol. The number of rotatable bonds is 3. The fourth-order valence-electron chi connectivity index (χ4n) is 1.72. The molecule has 1 aromatic carbocycles. The number of benzene rings is 1. The van der Waals surface area contributed by atoms with Gasteiger partial charge in [0, 0.05) is 6.42 Å². The van der Waals surface area contributed by atoms with Crippen LogP contribution in [0, 0.1) is 19.7 Å². The Labute approximate surface area is 118 Å². The van der Waals surface area contributed by atoms with Crippen LogP contribution in [0.15, 0.2) is 28.1 Å². The van der Waals surface area contributed by atoms with Crippen LogP contribution in [0.4, 0.5) is 4.39 Å². The molecule has 0 aliphatic rings. The lowest BCUT2D eigenvalue weighted by Crippen LogP contribution is -2.03. The van der Waals surface area contributed by atoms with Gasteiger partial charge in [-0.2, -0.15) is 0 Å². The third-order valence-corrected chi connectivity index (χ3v) is 4.97. The Hall–Kier alpha value is -1.000. The molecule has 0 fully saturated rings. The van der Waals surface area contributed by atoms with E-state index in [-0.39, 0.29) is 11.6 Å². The number of Topliss-reactive ketones (excluding diaryl/α,β-unsaturated/α-hetero) is 1. The maximum atomic E-state index is 13.0. The van der Waals surface area contributed by atoms with Gasteiger partial charge < -0.3 is 0 Å². The topological polar surface area (TPSA) is 17.1 Å². The quantitative estimate of drug-likeness (QED) is 0.747. The number of ketones is 1. The smallest absolute Gasteiger partial charge is 0.177 e. The number of halogens is 2. The van der Waals surface area contributed by atoms with Crippen molar-refractivity contribution in [2.45, 2.75) is 20.3 Å². The Morgan fingerprint density at radius 2 is 2.00 bits per heavy atom. The summed E-state index contributed by atoms with van der Waals surface area (Å²) in [5.41, 5.74) is 2.76. The zero-order valence-electron chi connectivity index (χ0n) is 10.1. The second-order valence-corrected chi connectivity index (χ2v) is 6.61. The summed E-state index contributed by atoms with van der Waals surface area (Å²) in [6.45, 7) is 3.78. The average Bonchev–Trinajstić information content (AvgIpc) is 2.63. The number of carbonyl (C=O) groups is 1. The van der Waals surface area contributed by atoms with Crippen molar-refractivity contribution >= 4 is 33.0 Å². The van der Waals surface area contributed by atoms with Crippen molar-refractivity contribution in [2.24, 2.45) is 0 Å². The fourth-order valence-corrected chi connectivity index (χ4v) is 3.19. The summed E-state index contributed by atoms with van der Waals surface area (Å²) in [4.78, 5) is 12.9. The van der Waals surface area contributed by atoms with Crippen LogP contribution in [0.3, 0.4) is 0 Å². The second-order valence-electron chi connectivity index (χ2n) is 4.24. The molecule has 0 aliphatic carbocycles. The Morgan fingerprint density at radius 1 is 1.28 bits per heavy atom. The zero-order valence-corrected chi connectivity index (χ0v) is 12.5. The predicted molar refractivity (Wildman–Crippen MR) is 75.9 cm³/mol. The molecule has 0 radical (unpaired) electrons.